The molecule has 2 fully saturated rings. The van der Waals surface area contributed by atoms with E-state index in [1.807, 2.05) is 12.1 Å². The molecule has 6 nitrogen and oxygen atoms in total. The summed E-state index contributed by atoms with van der Waals surface area (Å²) >= 11 is 0. The molecule has 2 aromatic heterocycles. The highest BCUT2D eigenvalue weighted by Gasteiger charge is 2.59. The van der Waals surface area contributed by atoms with Crippen LogP contribution in [-0.2, 0) is 11.3 Å². The van der Waals surface area contributed by atoms with Gasteiger partial charge in [0.15, 0.2) is 5.96 Å². The molecule has 0 saturated heterocycles. The number of pyridine rings is 1. The first-order valence-corrected chi connectivity index (χ1v) is 10.3. The lowest BCUT2D eigenvalue weighted by atomic mass is 9.51. The van der Waals surface area contributed by atoms with E-state index in [4.69, 9.17) is 14.7 Å². The predicted molar refractivity (Wildman–Crippen MR) is 108 cm³/mol. The Bertz CT molecular complexity index is 823. The van der Waals surface area contributed by atoms with Gasteiger partial charge in [-0.3, -0.25) is 0 Å². The molecule has 0 bridgehead atoms. The number of guanidine groups is 1. The molecule has 0 amide bonds. The molecule has 0 aromatic carbocycles. The summed E-state index contributed by atoms with van der Waals surface area (Å²) in [6.07, 6.45) is 7.42. The smallest absolute Gasteiger partial charge is 0.191 e. The summed E-state index contributed by atoms with van der Waals surface area (Å²) < 4.78 is 8.09. The lowest BCUT2D eigenvalue weighted by Crippen LogP contribution is -2.68. The second kappa shape index (κ2) is 7.50. The maximum Gasteiger partial charge on any atom is 0.191 e. The van der Waals surface area contributed by atoms with Crippen LogP contribution in [-0.4, -0.2) is 40.6 Å². The minimum Gasteiger partial charge on any atom is -0.378 e. The van der Waals surface area contributed by atoms with Crippen molar-refractivity contribution in [2.45, 2.75) is 65.1 Å². The van der Waals surface area contributed by atoms with Gasteiger partial charge in [0.2, 0.25) is 0 Å². The highest BCUT2D eigenvalue weighted by atomic mass is 16.5. The molecule has 27 heavy (non-hydrogen) atoms. The van der Waals surface area contributed by atoms with Crippen LogP contribution in [0, 0.1) is 12.3 Å². The maximum absolute atomic E-state index is 5.97. The first kappa shape index (κ1) is 18.3. The van der Waals surface area contributed by atoms with Crippen molar-refractivity contribution in [3.8, 4) is 0 Å². The van der Waals surface area contributed by atoms with Crippen molar-refractivity contribution in [2.75, 3.05) is 13.2 Å². The lowest BCUT2D eigenvalue weighted by Gasteiger charge is -2.61. The van der Waals surface area contributed by atoms with Crippen LogP contribution in [0.15, 0.2) is 29.4 Å². The molecule has 6 heteroatoms. The zero-order chi connectivity index (χ0) is 18.9. The van der Waals surface area contributed by atoms with Gasteiger partial charge in [-0.25, -0.2) is 9.98 Å². The van der Waals surface area contributed by atoms with E-state index >= 15 is 0 Å². The third kappa shape index (κ3) is 3.31. The van der Waals surface area contributed by atoms with Crippen LogP contribution in [0.2, 0.25) is 0 Å². The molecule has 2 atom stereocenters. The molecule has 2 saturated carbocycles. The minimum atomic E-state index is 0.326. The second-order valence-corrected chi connectivity index (χ2v) is 7.79. The highest BCUT2D eigenvalue weighted by Crippen LogP contribution is 2.57. The van der Waals surface area contributed by atoms with Gasteiger partial charge in [0.05, 0.1) is 18.3 Å². The molecule has 2 aromatic rings. The van der Waals surface area contributed by atoms with E-state index in [9.17, 15) is 0 Å². The van der Waals surface area contributed by atoms with Crippen LogP contribution in [0.1, 0.15) is 50.9 Å². The van der Waals surface area contributed by atoms with Crippen molar-refractivity contribution in [1.29, 1.82) is 0 Å². The van der Waals surface area contributed by atoms with Gasteiger partial charge in [0.1, 0.15) is 5.65 Å². The molecule has 2 heterocycles. The summed E-state index contributed by atoms with van der Waals surface area (Å²) in [5, 5.41) is 7.07. The first-order chi connectivity index (χ1) is 13.2. The summed E-state index contributed by atoms with van der Waals surface area (Å²) in [5.41, 5.74) is 3.47. The molecule has 2 N–H and O–H groups in total. The Labute approximate surface area is 161 Å². The Balaban J connectivity index is 1.45. The standard InChI is InChI=1S/C21H31N5O/c1-4-22-20(25-17-12-18(27-5-2)21(17)10-7-11-21)23-13-16-14-26-15(3)8-6-9-19(26)24-16/h6,8-9,14,17-18H,4-5,7,10-13H2,1-3H3,(H2,22,23,25). The monoisotopic (exact) mass is 369 g/mol. The average Bonchev–Trinajstić information content (AvgIpc) is 3.02. The fourth-order valence-electron chi connectivity index (χ4n) is 4.56. The molecule has 0 radical (unpaired) electrons. The minimum absolute atomic E-state index is 0.326. The lowest BCUT2D eigenvalue weighted by molar-refractivity contribution is -0.168. The molecular formula is C21H31N5O. The molecule has 4 rings (SSSR count). The van der Waals surface area contributed by atoms with E-state index in [-0.39, 0.29) is 0 Å². The largest absolute Gasteiger partial charge is 0.378 e. The summed E-state index contributed by atoms with van der Waals surface area (Å²) in [6, 6.07) is 6.63. The number of hydrogen-bond donors (Lipinski definition) is 2. The van der Waals surface area contributed by atoms with E-state index in [2.05, 4.69) is 48.1 Å². The summed E-state index contributed by atoms with van der Waals surface area (Å²) in [7, 11) is 0. The summed E-state index contributed by atoms with van der Waals surface area (Å²) in [6.45, 7) is 8.52. The predicted octanol–water partition coefficient (Wildman–Crippen LogP) is 3.05. The summed E-state index contributed by atoms with van der Waals surface area (Å²) in [4.78, 5) is 9.49. The normalized spacial score (nSPS) is 23.9. The van der Waals surface area contributed by atoms with Crippen molar-refractivity contribution in [2.24, 2.45) is 10.4 Å². The third-order valence-electron chi connectivity index (χ3n) is 6.24. The Morgan fingerprint density at radius 1 is 1.37 bits per heavy atom. The zero-order valence-electron chi connectivity index (χ0n) is 16.7. The topological polar surface area (TPSA) is 63.0 Å². The van der Waals surface area contributed by atoms with E-state index in [0.717, 1.165) is 36.9 Å². The second-order valence-electron chi connectivity index (χ2n) is 7.79. The van der Waals surface area contributed by atoms with Gasteiger partial charge in [-0.15, -0.1) is 0 Å². The maximum atomic E-state index is 5.97. The summed E-state index contributed by atoms with van der Waals surface area (Å²) in [5.74, 6) is 0.887. The number of imidazole rings is 1. The van der Waals surface area contributed by atoms with Crippen molar-refractivity contribution in [1.82, 2.24) is 20.0 Å². The van der Waals surface area contributed by atoms with E-state index in [1.54, 1.807) is 0 Å². The van der Waals surface area contributed by atoms with Crippen molar-refractivity contribution in [3.05, 3.63) is 35.8 Å². The fraction of sp³-hybridized carbons (Fsp3) is 0.619. The van der Waals surface area contributed by atoms with Gasteiger partial charge < -0.3 is 19.8 Å². The van der Waals surface area contributed by atoms with Gasteiger partial charge in [0.25, 0.3) is 0 Å². The van der Waals surface area contributed by atoms with Crippen LogP contribution in [0.4, 0.5) is 0 Å². The molecule has 2 unspecified atom stereocenters. The third-order valence-corrected chi connectivity index (χ3v) is 6.24. The van der Waals surface area contributed by atoms with E-state index < -0.39 is 0 Å². The van der Waals surface area contributed by atoms with Crippen LogP contribution < -0.4 is 10.6 Å². The number of aliphatic imine (C=N–C) groups is 1. The average molecular weight is 370 g/mol. The van der Waals surface area contributed by atoms with Crippen LogP contribution in [0.25, 0.3) is 5.65 Å². The van der Waals surface area contributed by atoms with Gasteiger partial charge in [-0.05, 0) is 52.2 Å². The van der Waals surface area contributed by atoms with Gasteiger partial charge in [-0.2, -0.15) is 0 Å². The van der Waals surface area contributed by atoms with Crippen molar-refractivity contribution < 1.29 is 4.74 Å². The molecule has 2 aliphatic carbocycles. The zero-order valence-corrected chi connectivity index (χ0v) is 16.7. The van der Waals surface area contributed by atoms with Crippen LogP contribution >= 0.6 is 0 Å². The first-order valence-electron chi connectivity index (χ1n) is 10.3. The fourth-order valence-corrected chi connectivity index (χ4v) is 4.56. The Hall–Kier alpha value is -2.08. The molecule has 0 aliphatic heterocycles. The number of nitrogens with zero attached hydrogens (tertiary/aromatic N) is 3. The number of ether oxygens (including phenoxy) is 1. The van der Waals surface area contributed by atoms with E-state index in [0.29, 0.717) is 24.1 Å². The van der Waals surface area contributed by atoms with Gasteiger partial charge in [0, 0.05) is 36.5 Å². The SMILES string of the molecule is CCNC(=NCc1cn2c(C)cccc2n1)NC1CC(OCC)C12CCC2. The molecule has 146 valence electrons. The number of rotatable bonds is 6. The molecule has 2 aliphatic rings. The van der Waals surface area contributed by atoms with Crippen molar-refractivity contribution >= 4 is 11.6 Å². The van der Waals surface area contributed by atoms with Gasteiger partial charge in [-0.1, -0.05) is 12.5 Å². The Kier molecular flexibility index (Phi) is 5.08. The number of nitrogens with one attached hydrogen (secondary N) is 2. The van der Waals surface area contributed by atoms with Crippen LogP contribution in [0.5, 0.6) is 0 Å². The van der Waals surface area contributed by atoms with Gasteiger partial charge >= 0.3 is 0 Å². The Morgan fingerprint density at radius 3 is 2.89 bits per heavy atom. The number of aromatic nitrogens is 2. The molecular weight excluding hydrogens is 338 g/mol. The van der Waals surface area contributed by atoms with Crippen molar-refractivity contribution in [3.63, 3.8) is 0 Å². The molecule has 1 spiro atoms. The number of aryl methyl sites for hydroxylation is 1. The Morgan fingerprint density at radius 2 is 2.22 bits per heavy atom. The highest BCUT2D eigenvalue weighted by molar-refractivity contribution is 5.80. The quantitative estimate of drug-likeness (QED) is 0.607. The number of fused-ring (bicyclic) bond motifs is 1. The van der Waals surface area contributed by atoms with Crippen LogP contribution in [0.3, 0.4) is 0 Å². The number of hydrogen-bond acceptors (Lipinski definition) is 3. The van der Waals surface area contributed by atoms with E-state index in [1.165, 1.54) is 25.0 Å².